The third-order valence-corrected chi connectivity index (χ3v) is 10.8. The maximum Gasteiger partial charge on any atom is 0.339 e. The van der Waals surface area contributed by atoms with Crippen molar-refractivity contribution in [1.82, 2.24) is 4.98 Å². The van der Waals surface area contributed by atoms with Crippen LogP contribution in [-0.2, 0) is 14.3 Å². The number of ketones is 1. The Morgan fingerprint density at radius 1 is 0.851 bits per heavy atom. The molecule has 1 saturated heterocycles. The number of halogens is 3. The number of ether oxygens (including phenoxy) is 1. The summed E-state index contributed by atoms with van der Waals surface area (Å²) in [6.07, 6.45) is 4.41. The van der Waals surface area contributed by atoms with Crippen LogP contribution in [0.1, 0.15) is 33.6 Å². The molecule has 47 heavy (non-hydrogen) atoms. The minimum absolute atomic E-state index is 0.0975. The maximum atomic E-state index is 13.7. The van der Waals surface area contributed by atoms with Crippen LogP contribution in [-0.4, -0.2) is 40.5 Å². The Morgan fingerprint density at radius 2 is 1.49 bits per heavy atom. The summed E-state index contributed by atoms with van der Waals surface area (Å²) in [5.41, 5.74) is 2.66. The first-order valence-electron chi connectivity index (χ1n) is 15.6. The molecule has 7 nitrogen and oxygen atoms in total. The van der Waals surface area contributed by atoms with Crippen molar-refractivity contribution in [2.24, 2.45) is 35.5 Å². The third kappa shape index (κ3) is 5.07. The zero-order valence-electron chi connectivity index (χ0n) is 24.8. The van der Waals surface area contributed by atoms with E-state index in [0.29, 0.717) is 55.3 Å². The average Bonchev–Trinajstić information content (AvgIpc) is 3.86. The number of amides is 2. The lowest BCUT2D eigenvalue weighted by Gasteiger charge is -2.37. The number of benzene rings is 3. The summed E-state index contributed by atoms with van der Waals surface area (Å²) < 4.78 is 5.79. The molecule has 3 fully saturated rings. The van der Waals surface area contributed by atoms with Crippen LogP contribution >= 0.6 is 34.8 Å². The number of hydrogen-bond acceptors (Lipinski definition) is 6. The molecule has 7 atom stereocenters. The lowest BCUT2D eigenvalue weighted by molar-refractivity contribution is -0.124. The molecule has 9 rings (SSSR count). The van der Waals surface area contributed by atoms with Gasteiger partial charge >= 0.3 is 5.97 Å². The summed E-state index contributed by atoms with van der Waals surface area (Å²) in [4.78, 5) is 60.3. The van der Waals surface area contributed by atoms with Gasteiger partial charge in [-0.3, -0.25) is 19.3 Å². The molecule has 0 N–H and O–H groups in total. The van der Waals surface area contributed by atoms with Crippen LogP contribution in [0, 0.1) is 35.5 Å². The highest BCUT2D eigenvalue weighted by molar-refractivity contribution is 6.31. The van der Waals surface area contributed by atoms with Crippen LogP contribution in [0.2, 0.25) is 10.0 Å². The minimum atomic E-state index is -1.12. The largest absolute Gasteiger partial charge is 0.450 e. The number of carbonyl (C=O) groups is 4. The molecule has 2 heterocycles. The molecule has 5 aliphatic rings. The SMILES string of the molecule is O=C(OC(CCCl)C(=O)c1ccc(Cl)cc1)c1cc(-c2ccc(N3C(=O)C4C5C=CC(C6CC56)C4C3=O)cc2)nc2ccc(Cl)cc12. The van der Waals surface area contributed by atoms with Gasteiger partial charge in [0.05, 0.1) is 34.3 Å². The molecule has 3 aromatic carbocycles. The summed E-state index contributed by atoms with van der Waals surface area (Å²) in [5.74, 6) is -0.478. The second kappa shape index (κ2) is 11.6. The summed E-state index contributed by atoms with van der Waals surface area (Å²) in [5, 5.41) is 1.34. The van der Waals surface area contributed by atoms with E-state index >= 15 is 0 Å². The maximum absolute atomic E-state index is 13.7. The Hall–Kier alpha value is -4.04. The Balaban J connectivity index is 1.09. The highest BCUT2D eigenvalue weighted by Crippen LogP contribution is 2.65. The molecule has 236 valence electrons. The van der Waals surface area contributed by atoms with E-state index in [1.807, 2.05) is 0 Å². The van der Waals surface area contributed by atoms with Crippen molar-refractivity contribution >= 4 is 75.0 Å². The highest BCUT2D eigenvalue weighted by atomic mass is 35.5. The van der Waals surface area contributed by atoms with E-state index in [1.165, 1.54) is 4.90 Å². The number of carbonyl (C=O) groups excluding carboxylic acids is 4. The van der Waals surface area contributed by atoms with Gasteiger partial charge in [0.15, 0.2) is 6.10 Å². The van der Waals surface area contributed by atoms with Gasteiger partial charge in [0, 0.05) is 38.9 Å². The number of nitrogens with zero attached hydrogens (tertiary/aromatic N) is 2. The fourth-order valence-electron chi connectivity index (χ4n) is 7.84. The van der Waals surface area contributed by atoms with E-state index in [9.17, 15) is 19.2 Å². The first kappa shape index (κ1) is 30.3. The number of fused-ring (bicyclic) bond motifs is 1. The Kier molecular flexibility index (Phi) is 7.47. The molecule has 10 heteroatoms. The molecule has 2 amide bonds. The number of allylic oxidation sites excluding steroid dienone is 2. The predicted molar refractivity (Wildman–Crippen MR) is 180 cm³/mol. The third-order valence-electron chi connectivity index (χ3n) is 10.1. The fourth-order valence-corrected chi connectivity index (χ4v) is 8.34. The molecule has 7 unspecified atom stereocenters. The number of aromatic nitrogens is 1. The molecule has 4 aliphatic carbocycles. The molecular weight excluding hydrogens is 659 g/mol. The van der Waals surface area contributed by atoms with Crippen LogP contribution in [0.5, 0.6) is 0 Å². The van der Waals surface area contributed by atoms with Gasteiger partial charge in [-0.25, -0.2) is 9.78 Å². The lowest BCUT2D eigenvalue weighted by Crippen LogP contribution is -2.40. The van der Waals surface area contributed by atoms with Gasteiger partial charge in [-0.15, -0.1) is 11.6 Å². The number of hydrogen-bond donors (Lipinski definition) is 0. The van der Waals surface area contributed by atoms with E-state index < -0.39 is 17.9 Å². The zero-order valence-corrected chi connectivity index (χ0v) is 27.1. The average molecular weight is 686 g/mol. The van der Waals surface area contributed by atoms with Gasteiger partial charge in [-0.1, -0.05) is 47.5 Å². The lowest BCUT2D eigenvalue weighted by atomic mass is 9.63. The number of pyridine rings is 1. The summed E-state index contributed by atoms with van der Waals surface area (Å²) >= 11 is 18.3. The number of imide groups is 1. The van der Waals surface area contributed by atoms with Crippen LogP contribution in [0.3, 0.4) is 0 Å². The molecule has 2 saturated carbocycles. The van der Waals surface area contributed by atoms with Gasteiger partial charge in [0.2, 0.25) is 17.6 Å². The molecule has 2 bridgehead atoms. The van der Waals surface area contributed by atoms with E-state index in [2.05, 4.69) is 12.2 Å². The second-order valence-corrected chi connectivity index (χ2v) is 13.9. The Morgan fingerprint density at radius 3 is 2.13 bits per heavy atom. The summed E-state index contributed by atoms with van der Waals surface area (Å²) in [7, 11) is 0. The molecule has 1 aromatic heterocycles. The van der Waals surface area contributed by atoms with Crippen LogP contribution in [0.15, 0.2) is 84.9 Å². The quantitative estimate of drug-likeness (QED) is 0.0618. The molecule has 1 aliphatic heterocycles. The Labute approximate surface area is 285 Å². The topological polar surface area (TPSA) is 93.6 Å². The number of Topliss-reactive ketones (excluding diaryl/α,β-unsaturated/α-hetero) is 1. The number of anilines is 1. The highest BCUT2D eigenvalue weighted by Gasteiger charge is 2.67. The first-order valence-corrected chi connectivity index (χ1v) is 16.9. The van der Waals surface area contributed by atoms with E-state index in [4.69, 9.17) is 44.5 Å². The normalized spacial score (nSPS) is 25.9. The predicted octanol–water partition coefficient (Wildman–Crippen LogP) is 7.80. The molecule has 0 radical (unpaired) electrons. The number of alkyl halides is 1. The fraction of sp³-hybridized carbons (Fsp3) is 0.270. The summed E-state index contributed by atoms with van der Waals surface area (Å²) in [6.45, 7) is 0. The second-order valence-electron chi connectivity index (χ2n) is 12.7. The number of esters is 1. The van der Waals surface area contributed by atoms with Crippen molar-refractivity contribution in [3.8, 4) is 11.3 Å². The zero-order chi connectivity index (χ0) is 32.6. The van der Waals surface area contributed by atoms with Crippen LogP contribution < -0.4 is 4.90 Å². The van der Waals surface area contributed by atoms with E-state index in [-0.39, 0.29) is 53.4 Å². The van der Waals surface area contributed by atoms with Crippen LogP contribution in [0.25, 0.3) is 22.2 Å². The smallest absolute Gasteiger partial charge is 0.339 e. The standard InChI is InChI=1S/C37H27Cl3N2O5/c38-14-13-31(34(43)19-1-5-20(39)6-2-19)47-37(46)28-17-30(41-29-12-7-21(40)15-27(28)29)18-3-8-22(9-4-18)42-35(44)32-23-10-11-24(26-16-25(23)26)33(32)36(42)45/h1-12,15,17,23-26,31-33H,13-14,16H2. The van der Waals surface area contributed by atoms with Gasteiger partial charge in [0.25, 0.3) is 0 Å². The van der Waals surface area contributed by atoms with Crippen LogP contribution in [0.4, 0.5) is 5.69 Å². The van der Waals surface area contributed by atoms with Crippen molar-refractivity contribution in [2.75, 3.05) is 10.8 Å². The summed E-state index contributed by atoms with van der Waals surface area (Å²) in [6, 6.07) is 20.0. The van der Waals surface area contributed by atoms with Crippen molar-refractivity contribution in [3.63, 3.8) is 0 Å². The van der Waals surface area contributed by atoms with E-state index in [1.54, 1.807) is 72.8 Å². The Bertz CT molecular complexity index is 1980. The minimum Gasteiger partial charge on any atom is -0.450 e. The van der Waals surface area contributed by atoms with Gasteiger partial charge in [-0.2, -0.15) is 0 Å². The van der Waals surface area contributed by atoms with Gasteiger partial charge < -0.3 is 4.74 Å². The number of rotatable bonds is 8. The first-order chi connectivity index (χ1) is 22.7. The van der Waals surface area contributed by atoms with E-state index in [0.717, 1.165) is 6.42 Å². The van der Waals surface area contributed by atoms with Crippen molar-refractivity contribution in [1.29, 1.82) is 0 Å². The van der Waals surface area contributed by atoms with Crippen molar-refractivity contribution < 1.29 is 23.9 Å². The molecule has 4 aromatic rings. The monoisotopic (exact) mass is 684 g/mol. The van der Waals surface area contributed by atoms with Gasteiger partial charge in [0.1, 0.15) is 0 Å². The van der Waals surface area contributed by atoms with Crippen molar-refractivity contribution in [2.45, 2.75) is 18.9 Å². The van der Waals surface area contributed by atoms with Crippen molar-refractivity contribution in [3.05, 3.63) is 106 Å². The van der Waals surface area contributed by atoms with Gasteiger partial charge in [-0.05, 0) is 90.8 Å². The molecular formula is C37H27Cl3N2O5. The molecule has 0 spiro atoms.